The molecule has 1 unspecified atom stereocenters. The van der Waals surface area contributed by atoms with Gasteiger partial charge in [0.1, 0.15) is 0 Å². The number of rotatable bonds is 5. The zero-order valence-corrected chi connectivity index (χ0v) is 11.6. The van der Waals surface area contributed by atoms with Gasteiger partial charge >= 0.3 is 0 Å². The van der Waals surface area contributed by atoms with Crippen molar-refractivity contribution in [2.24, 2.45) is 5.92 Å². The van der Waals surface area contributed by atoms with E-state index in [-0.39, 0.29) is 0 Å². The molecule has 1 aromatic rings. The highest BCUT2D eigenvalue weighted by Crippen LogP contribution is 2.30. The monoisotopic (exact) mass is 259 g/mol. The van der Waals surface area contributed by atoms with Gasteiger partial charge in [-0.15, -0.1) is 0 Å². The molecular weight excluding hydrogens is 241 g/mol. The molecule has 1 nitrogen and oxygen atoms in total. The summed E-state index contributed by atoms with van der Waals surface area (Å²) in [5.74, 6) is 1.05. The molecule has 1 rings (SSSR count). The number of hydrogen-bond donors (Lipinski definition) is 1. The Morgan fingerprint density at radius 2 is 1.81 bits per heavy atom. The fourth-order valence-electron chi connectivity index (χ4n) is 1.60. The lowest BCUT2D eigenvalue weighted by atomic mass is 10.0. The van der Waals surface area contributed by atoms with Crippen LogP contribution in [0.4, 0.5) is 0 Å². The zero-order chi connectivity index (χ0) is 12.1. The third kappa shape index (κ3) is 3.97. The summed E-state index contributed by atoms with van der Waals surface area (Å²) in [5.41, 5.74) is 1.12. The van der Waals surface area contributed by atoms with E-state index >= 15 is 0 Å². The van der Waals surface area contributed by atoms with Crippen LogP contribution in [-0.2, 0) is 0 Å². The fourth-order valence-corrected chi connectivity index (χ4v) is 2.09. The third-order valence-electron chi connectivity index (χ3n) is 2.52. The van der Waals surface area contributed by atoms with Crippen molar-refractivity contribution >= 4 is 23.2 Å². The summed E-state index contributed by atoms with van der Waals surface area (Å²) in [5, 5.41) is 4.75. The second kappa shape index (κ2) is 6.48. The molecule has 16 heavy (non-hydrogen) atoms. The highest BCUT2D eigenvalue weighted by molar-refractivity contribution is 6.42. The summed E-state index contributed by atoms with van der Waals surface area (Å²) in [7, 11) is 0. The van der Waals surface area contributed by atoms with Gasteiger partial charge in [0.15, 0.2) is 0 Å². The summed E-state index contributed by atoms with van der Waals surface area (Å²) in [6.45, 7) is 8.51. The van der Waals surface area contributed by atoms with E-state index in [0.717, 1.165) is 18.7 Å². The maximum Gasteiger partial charge on any atom is 0.0627 e. The van der Waals surface area contributed by atoms with E-state index in [0.29, 0.717) is 21.9 Å². The molecule has 0 heterocycles. The van der Waals surface area contributed by atoms with E-state index in [9.17, 15) is 0 Å². The lowest BCUT2D eigenvalue weighted by molar-refractivity contribution is 0.529. The Labute approximate surface area is 108 Å². The molecule has 0 bridgehead atoms. The van der Waals surface area contributed by atoms with E-state index in [1.807, 2.05) is 18.2 Å². The van der Waals surface area contributed by atoms with Gasteiger partial charge in [0.25, 0.3) is 0 Å². The van der Waals surface area contributed by atoms with Crippen molar-refractivity contribution in [1.29, 1.82) is 0 Å². The zero-order valence-electron chi connectivity index (χ0n) is 10.1. The van der Waals surface area contributed by atoms with Crippen molar-refractivity contribution in [2.75, 3.05) is 13.1 Å². The highest BCUT2D eigenvalue weighted by Gasteiger charge is 2.11. The van der Waals surface area contributed by atoms with Crippen molar-refractivity contribution in [3.63, 3.8) is 0 Å². The first-order chi connectivity index (χ1) is 7.52. The van der Waals surface area contributed by atoms with Gasteiger partial charge in [0, 0.05) is 6.54 Å². The average molecular weight is 260 g/mol. The minimum Gasteiger partial charge on any atom is -0.316 e. The van der Waals surface area contributed by atoms with Gasteiger partial charge in [-0.25, -0.2) is 0 Å². The highest BCUT2D eigenvalue weighted by atomic mass is 35.5. The Bertz CT molecular complexity index is 337. The van der Waals surface area contributed by atoms with Crippen LogP contribution in [0, 0.1) is 5.92 Å². The molecule has 0 amide bonds. The predicted molar refractivity (Wildman–Crippen MR) is 72.6 cm³/mol. The standard InChI is InChI=1S/C13H19Cl2N/c1-9(2)7-16-8-10(3)11-5-4-6-12(14)13(11)15/h4-6,9-10,16H,7-8H2,1-3H3. The predicted octanol–water partition coefficient (Wildman–Crippen LogP) is 4.34. The van der Waals surface area contributed by atoms with Gasteiger partial charge in [0.2, 0.25) is 0 Å². The van der Waals surface area contributed by atoms with Crippen LogP contribution in [0.3, 0.4) is 0 Å². The second-order valence-corrected chi connectivity index (χ2v) is 5.38. The molecule has 0 spiro atoms. The number of benzene rings is 1. The smallest absolute Gasteiger partial charge is 0.0627 e. The molecule has 1 N–H and O–H groups in total. The minimum absolute atomic E-state index is 0.380. The van der Waals surface area contributed by atoms with Crippen molar-refractivity contribution in [3.05, 3.63) is 33.8 Å². The maximum absolute atomic E-state index is 6.17. The molecule has 3 heteroatoms. The van der Waals surface area contributed by atoms with Gasteiger partial charge in [-0.1, -0.05) is 56.1 Å². The van der Waals surface area contributed by atoms with Crippen molar-refractivity contribution in [2.45, 2.75) is 26.7 Å². The van der Waals surface area contributed by atoms with Crippen LogP contribution in [0.1, 0.15) is 32.3 Å². The van der Waals surface area contributed by atoms with Crippen LogP contribution < -0.4 is 5.32 Å². The maximum atomic E-state index is 6.17. The Morgan fingerprint density at radius 1 is 1.12 bits per heavy atom. The Hall–Kier alpha value is -0.240. The number of hydrogen-bond acceptors (Lipinski definition) is 1. The normalized spacial score (nSPS) is 13.1. The molecule has 0 fully saturated rings. The van der Waals surface area contributed by atoms with Crippen LogP contribution in [0.25, 0.3) is 0 Å². The van der Waals surface area contributed by atoms with Crippen molar-refractivity contribution in [1.82, 2.24) is 5.32 Å². The van der Waals surface area contributed by atoms with Crippen LogP contribution in [0.2, 0.25) is 10.0 Å². The van der Waals surface area contributed by atoms with Crippen LogP contribution >= 0.6 is 23.2 Å². The SMILES string of the molecule is CC(C)CNCC(C)c1cccc(Cl)c1Cl. The van der Waals surface area contributed by atoms with E-state index in [1.165, 1.54) is 0 Å². The van der Waals surface area contributed by atoms with E-state index < -0.39 is 0 Å². The topological polar surface area (TPSA) is 12.0 Å². The first-order valence-corrected chi connectivity index (χ1v) is 6.42. The van der Waals surface area contributed by atoms with E-state index in [1.54, 1.807) is 0 Å². The van der Waals surface area contributed by atoms with Crippen molar-refractivity contribution in [3.8, 4) is 0 Å². The molecule has 1 atom stereocenters. The summed E-state index contributed by atoms with van der Waals surface area (Å²) < 4.78 is 0. The molecule has 0 saturated heterocycles. The average Bonchev–Trinajstić information content (AvgIpc) is 2.21. The van der Waals surface area contributed by atoms with Crippen LogP contribution in [0.5, 0.6) is 0 Å². The molecule has 0 saturated carbocycles. The molecular formula is C13H19Cl2N. The lowest BCUT2D eigenvalue weighted by Crippen LogP contribution is -2.24. The van der Waals surface area contributed by atoms with Crippen LogP contribution in [-0.4, -0.2) is 13.1 Å². The lowest BCUT2D eigenvalue weighted by Gasteiger charge is -2.16. The van der Waals surface area contributed by atoms with Gasteiger partial charge in [-0.3, -0.25) is 0 Å². The van der Waals surface area contributed by atoms with Crippen LogP contribution in [0.15, 0.2) is 18.2 Å². The first kappa shape index (κ1) is 13.8. The van der Waals surface area contributed by atoms with Crippen molar-refractivity contribution < 1.29 is 0 Å². The number of nitrogens with one attached hydrogen (secondary N) is 1. The molecule has 0 aliphatic rings. The quantitative estimate of drug-likeness (QED) is 0.830. The van der Waals surface area contributed by atoms with Gasteiger partial charge in [-0.05, 0) is 30.0 Å². The molecule has 1 aromatic carbocycles. The summed E-state index contributed by atoms with van der Waals surface area (Å²) in [6.07, 6.45) is 0. The molecule has 0 aromatic heterocycles. The van der Waals surface area contributed by atoms with Gasteiger partial charge < -0.3 is 5.32 Å². The minimum atomic E-state index is 0.380. The first-order valence-electron chi connectivity index (χ1n) is 5.67. The van der Waals surface area contributed by atoms with Gasteiger partial charge in [0.05, 0.1) is 10.0 Å². The second-order valence-electron chi connectivity index (χ2n) is 4.60. The van der Waals surface area contributed by atoms with E-state index in [2.05, 4.69) is 26.1 Å². The Kier molecular flexibility index (Phi) is 5.60. The largest absolute Gasteiger partial charge is 0.316 e. The summed E-state index contributed by atoms with van der Waals surface area (Å²) in [4.78, 5) is 0. The molecule has 0 aliphatic carbocycles. The molecule has 0 radical (unpaired) electrons. The Balaban J connectivity index is 2.59. The summed E-state index contributed by atoms with van der Waals surface area (Å²) in [6, 6.07) is 5.81. The Morgan fingerprint density at radius 3 is 2.44 bits per heavy atom. The molecule has 0 aliphatic heterocycles. The summed E-state index contributed by atoms with van der Waals surface area (Å²) >= 11 is 12.2. The number of halogens is 2. The van der Waals surface area contributed by atoms with Gasteiger partial charge in [-0.2, -0.15) is 0 Å². The molecule has 90 valence electrons. The third-order valence-corrected chi connectivity index (χ3v) is 3.35. The van der Waals surface area contributed by atoms with E-state index in [4.69, 9.17) is 23.2 Å². The fraction of sp³-hybridized carbons (Fsp3) is 0.538.